The van der Waals surface area contributed by atoms with Crippen LogP contribution in [0.1, 0.15) is 23.8 Å². The molecule has 1 fully saturated rings. The van der Waals surface area contributed by atoms with Crippen LogP contribution in [0.2, 0.25) is 0 Å². The molecule has 8 nitrogen and oxygen atoms in total. The molecule has 0 radical (unpaired) electrons. The Labute approximate surface area is 211 Å². The maximum atomic E-state index is 15.0. The molecule has 3 aromatic rings. The lowest BCUT2D eigenvalue weighted by molar-refractivity contribution is -0.113. The summed E-state index contributed by atoms with van der Waals surface area (Å²) >= 11 is 1.45. The molecule has 1 saturated heterocycles. The third kappa shape index (κ3) is 5.29. The predicted octanol–water partition coefficient (Wildman–Crippen LogP) is 3.06. The van der Waals surface area contributed by atoms with Gasteiger partial charge in [-0.2, -0.15) is 0 Å². The van der Waals surface area contributed by atoms with Crippen LogP contribution < -0.4 is 15.4 Å². The van der Waals surface area contributed by atoms with Crippen LogP contribution >= 0.6 is 11.8 Å². The molecule has 1 amide bonds. The number of rotatable bonds is 7. The molecule has 0 unspecified atom stereocenters. The number of nitrogens with zero attached hydrogens (tertiary/aromatic N) is 3. The Morgan fingerprint density at radius 3 is 3.03 bits per heavy atom. The van der Waals surface area contributed by atoms with Gasteiger partial charge in [-0.25, -0.2) is 13.8 Å². The van der Waals surface area contributed by atoms with Gasteiger partial charge in [0.05, 0.1) is 29.6 Å². The van der Waals surface area contributed by atoms with Crippen molar-refractivity contribution < 1.29 is 23.4 Å². The molecule has 1 aromatic carbocycles. The van der Waals surface area contributed by atoms with E-state index in [2.05, 4.69) is 20.6 Å². The Hall–Kier alpha value is -2.86. The van der Waals surface area contributed by atoms with Gasteiger partial charge in [-0.1, -0.05) is 0 Å². The van der Waals surface area contributed by atoms with E-state index in [0.29, 0.717) is 47.8 Å². The van der Waals surface area contributed by atoms with E-state index < -0.39 is 18.1 Å². The predicted molar refractivity (Wildman–Crippen MR) is 133 cm³/mol. The van der Waals surface area contributed by atoms with E-state index in [0.717, 1.165) is 10.6 Å². The van der Waals surface area contributed by atoms with Gasteiger partial charge in [0.1, 0.15) is 23.3 Å². The number of nitrogens with one attached hydrogen (secondary N) is 2. The molecule has 2 aromatic heterocycles. The quantitative estimate of drug-likeness (QED) is 0.442. The zero-order chi connectivity index (χ0) is 25.2. The second-order valence-corrected chi connectivity index (χ2v) is 9.98. The van der Waals surface area contributed by atoms with Crippen molar-refractivity contribution in [1.82, 2.24) is 20.2 Å². The van der Waals surface area contributed by atoms with Gasteiger partial charge in [0, 0.05) is 43.3 Å². The molecular formula is C25H27F2N5O3S. The molecule has 4 heterocycles. The number of β-amino-alcohol motifs (C(OH)–C–C–N with tert-alkyl or cyclic N) is 1. The molecule has 2 aliphatic rings. The number of aromatic nitrogens is 2. The zero-order valence-corrected chi connectivity index (χ0v) is 20.5. The fourth-order valence-electron chi connectivity index (χ4n) is 4.66. The lowest BCUT2D eigenvalue weighted by atomic mass is 10.00. The van der Waals surface area contributed by atoms with Crippen molar-refractivity contribution >= 4 is 34.4 Å². The number of hydrogen-bond acceptors (Lipinski definition) is 8. The van der Waals surface area contributed by atoms with Crippen molar-refractivity contribution in [2.75, 3.05) is 37.8 Å². The molecule has 5 rings (SSSR count). The van der Waals surface area contributed by atoms with E-state index in [9.17, 15) is 14.3 Å². The molecular weight excluding hydrogens is 488 g/mol. The first-order valence-electron chi connectivity index (χ1n) is 11.7. The topological polar surface area (TPSA) is 99.6 Å². The molecule has 0 spiro atoms. The highest BCUT2D eigenvalue weighted by Crippen LogP contribution is 2.31. The number of aliphatic hydroxyl groups excluding tert-OH is 1. The first-order chi connectivity index (χ1) is 17.4. The minimum Gasteiger partial charge on any atom is -0.497 e. The Morgan fingerprint density at radius 2 is 2.22 bits per heavy atom. The van der Waals surface area contributed by atoms with E-state index in [-0.39, 0.29) is 30.6 Å². The summed E-state index contributed by atoms with van der Waals surface area (Å²) in [5.41, 5.74) is 1.42. The Morgan fingerprint density at radius 1 is 1.36 bits per heavy atom. The highest BCUT2D eigenvalue weighted by molar-refractivity contribution is 8.00. The van der Waals surface area contributed by atoms with Crippen LogP contribution in [0.5, 0.6) is 5.75 Å². The van der Waals surface area contributed by atoms with Crippen LogP contribution in [-0.4, -0.2) is 70.6 Å². The number of benzene rings is 1. The van der Waals surface area contributed by atoms with Gasteiger partial charge in [-0.05, 0) is 42.8 Å². The third-order valence-electron chi connectivity index (χ3n) is 6.53. The summed E-state index contributed by atoms with van der Waals surface area (Å²) in [6.07, 6.45) is -0.0500. The first kappa shape index (κ1) is 24.8. The number of ether oxygens (including phenoxy) is 1. The second kappa shape index (κ2) is 10.6. The highest BCUT2D eigenvalue weighted by atomic mass is 32.2. The van der Waals surface area contributed by atoms with Gasteiger partial charge in [0.25, 0.3) is 0 Å². The average molecular weight is 516 g/mol. The molecule has 190 valence electrons. The number of carbonyl (C=O) groups excluding carboxylic acids is 1. The number of halogens is 2. The van der Waals surface area contributed by atoms with E-state index >= 15 is 4.39 Å². The summed E-state index contributed by atoms with van der Waals surface area (Å²) in [5, 5.41) is 17.4. The third-order valence-corrected chi connectivity index (χ3v) is 7.58. The number of pyridine rings is 2. The lowest BCUT2D eigenvalue weighted by Crippen LogP contribution is -2.51. The smallest absolute Gasteiger partial charge is 0.235 e. The number of carbonyl (C=O) groups is 1. The number of likely N-dealkylation sites (tertiary alicyclic amines) is 1. The Kier molecular flexibility index (Phi) is 7.33. The number of anilines is 1. The van der Waals surface area contributed by atoms with E-state index in [4.69, 9.17) is 4.74 Å². The van der Waals surface area contributed by atoms with Gasteiger partial charge >= 0.3 is 0 Å². The monoisotopic (exact) mass is 515 g/mol. The maximum absolute atomic E-state index is 15.0. The van der Waals surface area contributed by atoms with Crippen molar-refractivity contribution in [2.45, 2.75) is 36.2 Å². The van der Waals surface area contributed by atoms with Gasteiger partial charge in [-0.15, -0.1) is 11.8 Å². The van der Waals surface area contributed by atoms with Crippen LogP contribution in [0.3, 0.4) is 0 Å². The fraction of sp³-hybridized carbons (Fsp3) is 0.400. The summed E-state index contributed by atoms with van der Waals surface area (Å²) in [4.78, 5) is 23.0. The minimum atomic E-state index is -1.13. The molecule has 3 atom stereocenters. The number of hydrogen-bond donors (Lipinski definition) is 3. The minimum absolute atomic E-state index is 0.0764. The van der Waals surface area contributed by atoms with Crippen LogP contribution in [0.4, 0.5) is 14.6 Å². The lowest BCUT2D eigenvalue weighted by Gasteiger charge is -2.36. The standard InChI is InChI=1S/C25H27F2N5O3S/c1-35-15-8-17-16(4-6-28-24(17)18(26)9-15)21(33)12-32-7-5-20(19(27)11-32)29-10-14-2-3-22-25(30-14)31-23(34)13-36-22/h2-4,6,8-9,19-21,29,33H,5,7,10-13H2,1H3,(H,30,31,34)/t19-,20+,21+/m1/s1. The second-order valence-electron chi connectivity index (χ2n) is 8.96. The highest BCUT2D eigenvalue weighted by Gasteiger charge is 2.30. The van der Waals surface area contributed by atoms with Gasteiger partial charge in [-0.3, -0.25) is 14.7 Å². The van der Waals surface area contributed by atoms with E-state index in [1.54, 1.807) is 12.1 Å². The molecule has 0 bridgehead atoms. The summed E-state index contributed by atoms with van der Waals surface area (Å²) < 4.78 is 34.6. The number of amides is 1. The summed E-state index contributed by atoms with van der Waals surface area (Å²) in [6, 6.07) is 8.01. The summed E-state index contributed by atoms with van der Waals surface area (Å²) in [6.45, 7) is 1.37. The maximum Gasteiger partial charge on any atom is 0.235 e. The fourth-order valence-corrected chi connectivity index (χ4v) is 5.42. The number of methoxy groups -OCH3 is 1. The van der Waals surface area contributed by atoms with Crippen molar-refractivity contribution in [3.8, 4) is 5.75 Å². The van der Waals surface area contributed by atoms with E-state index in [1.165, 1.54) is 31.1 Å². The molecule has 2 aliphatic heterocycles. The number of aliphatic hydroxyl groups is 1. The van der Waals surface area contributed by atoms with Crippen LogP contribution in [-0.2, 0) is 11.3 Å². The molecule has 36 heavy (non-hydrogen) atoms. The molecule has 0 aliphatic carbocycles. The number of piperidine rings is 1. The number of alkyl halides is 1. The van der Waals surface area contributed by atoms with Crippen LogP contribution in [0.15, 0.2) is 41.4 Å². The molecule has 3 N–H and O–H groups in total. The first-order valence-corrected chi connectivity index (χ1v) is 12.7. The van der Waals surface area contributed by atoms with Gasteiger partial charge in [0.15, 0.2) is 5.82 Å². The van der Waals surface area contributed by atoms with E-state index in [1.807, 2.05) is 17.0 Å². The SMILES string of the molecule is COc1cc(F)c2nccc([C@@H](O)CN3CC[C@H](NCc4ccc5c(n4)NC(=O)CS5)[C@H](F)C3)c2c1. The van der Waals surface area contributed by atoms with Crippen molar-refractivity contribution in [2.24, 2.45) is 0 Å². The van der Waals surface area contributed by atoms with Gasteiger partial charge in [0.2, 0.25) is 5.91 Å². The molecule has 11 heteroatoms. The largest absolute Gasteiger partial charge is 0.497 e. The Bertz CT molecular complexity index is 1280. The number of fused-ring (bicyclic) bond motifs is 2. The van der Waals surface area contributed by atoms with Crippen molar-refractivity contribution in [3.63, 3.8) is 0 Å². The average Bonchev–Trinajstić information content (AvgIpc) is 2.87. The van der Waals surface area contributed by atoms with Gasteiger partial charge < -0.3 is 20.5 Å². The van der Waals surface area contributed by atoms with Crippen LogP contribution in [0, 0.1) is 5.82 Å². The van der Waals surface area contributed by atoms with Crippen molar-refractivity contribution in [3.05, 3.63) is 53.6 Å². The summed E-state index contributed by atoms with van der Waals surface area (Å²) in [5.74, 6) is 0.672. The zero-order valence-electron chi connectivity index (χ0n) is 19.7. The molecule has 0 saturated carbocycles. The normalized spacial score (nSPS) is 21.2. The van der Waals surface area contributed by atoms with Crippen LogP contribution in [0.25, 0.3) is 10.9 Å². The van der Waals surface area contributed by atoms with Crippen molar-refractivity contribution in [1.29, 1.82) is 0 Å². The Balaban J connectivity index is 1.19. The summed E-state index contributed by atoms with van der Waals surface area (Å²) in [7, 11) is 1.45. The number of thioether (sulfide) groups is 1.